The van der Waals surface area contributed by atoms with E-state index in [1.54, 1.807) is 12.1 Å². The molecule has 2 aromatic carbocycles. The summed E-state index contributed by atoms with van der Waals surface area (Å²) in [6.07, 6.45) is 1.62. The number of halogens is 1. The lowest BCUT2D eigenvalue weighted by Gasteiger charge is -2.20. The van der Waals surface area contributed by atoms with Gasteiger partial charge >= 0.3 is 0 Å². The second-order valence-electron chi connectivity index (χ2n) is 8.34. The van der Waals surface area contributed by atoms with Crippen LogP contribution >= 0.6 is 27.7 Å². The van der Waals surface area contributed by atoms with Gasteiger partial charge in [-0.2, -0.15) is 15.1 Å². The summed E-state index contributed by atoms with van der Waals surface area (Å²) in [5, 5.41) is 15.7. The number of hydrazone groups is 1. The molecule has 2 aromatic rings. The van der Waals surface area contributed by atoms with E-state index >= 15 is 0 Å². The topological polar surface area (TPSA) is 96.6 Å². The zero-order valence-corrected chi connectivity index (χ0v) is 22.9. The number of benzene rings is 2. The number of nitrogens with zero attached hydrogens (tertiary/aromatic N) is 3. The number of nitrogens with one attached hydrogen (secondary N) is 1. The third kappa shape index (κ3) is 5.65. The molecule has 0 radical (unpaired) electrons. The van der Waals surface area contributed by atoms with Crippen molar-refractivity contribution in [2.45, 2.75) is 27.7 Å². The average molecular weight is 571 g/mol. The molecule has 36 heavy (non-hydrogen) atoms. The summed E-state index contributed by atoms with van der Waals surface area (Å²) >= 11 is 4.89. The Bertz CT molecular complexity index is 1290. The molecule has 0 saturated carbocycles. The van der Waals surface area contributed by atoms with Crippen LogP contribution in [0.15, 0.2) is 56.5 Å². The molecule has 0 fully saturated rings. The van der Waals surface area contributed by atoms with Gasteiger partial charge in [-0.15, -0.1) is 0 Å². The van der Waals surface area contributed by atoms with E-state index in [2.05, 4.69) is 26.0 Å². The first-order valence-electron chi connectivity index (χ1n) is 11.6. The molecule has 188 valence electrons. The maximum atomic E-state index is 12.7. The molecule has 0 aromatic heterocycles. The first-order chi connectivity index (χ1) is 17.3. The number of carbonyl (C=O) groups excluding carboxylic acids is 1. The van der Waals surface area contributed by atoms with Gasteiger partial charge in [0.2, 0.25) is 5.17 Å². The number of ether oxygens (including phenoxy) is 3. The molecule has 2 aliphatic rings. The molecule has 8 nitrogen and oxygen atoms in total. The van der Waals surface area contributed by atoms with Gasteiger partial charge in [-0.3, -0.25) is 10.2 Å². The van der Waals surface area contributed by atoms with Gasteiger partial charge in [0.1, 0.15) is 24.0 Å². The van der Waals surface area contributed by atoms with E-state index in [0.29, 0.717) is 46.5 Å². The second-order valence-corrected chi connectivity index (χ2v) is 10.2. The highest BCUT2D eigenvalue weighted by Crippen LogP contribution is 2.38. The number of para-hydroxylation sites is 1. The Labute approximate surface area is 223 Å². The maximum Gasteiger partial charge on any atom is 0.283 e. The maximum absolute atomic E-state index is 12.7. The van der Waals surface area contributed by atoms with Crippen LogP contribution in [0.5, 0.6) is 17.2 Å². The number of amides is 1. The lowest BCUT2D eigenvalue weighted by molar-refractivity contribution is -0.114. The van der Waals surface area contributed by atoms with Crippen LogP contribution in [0.1, 0.15) is 31.9 Å². The first kappa shape index (κ1) is 26.0. The van der Waals surface area contributed by atoms with Crippen LogP contribution in [0.3, 0.4) is 0 Å². The average Bonchev–Trinajstić information content (AvgIpc) is 3.26. The van der Waals surface area contributed by atoms with Gasteiger partial charge in [0.15, 0.2) is 17.3 Å². The number of thioether (sulfide) groups is 1. The van der Waals surface area contributed by atoms with E-state index in [0.717, 1.165) is 16.4 Å². The van der Waals surface area contributed by atoms with Crippen molar-refractivity contribution >= 4 is 55.7 Å². The Hall–Kier alpha value is -3.11. The van der Waals surface area contributed by atoms with E-state index < -0.39 is 5.91 Å². The Morgan fingerprint density at radius 2 is 1.89 bits per heavy atom. The van der Waals surface area contributed by atoms with Crippen LogP contribution in [0, 0.1) is 18.3 Å². The number of amidine groups is 2. The Balaban J connectivity index is 1.53. The molecule has 0 unspecified atom stereocenters. The molecule has 0 atom stereocenters. The lowest BCUT2D eigenvalue weighted by atomic mass is 10.1. The van der Waals surface area contributed by atoms with E-state index in [-0.39, 0.29) is 17.3 Å². The van der Waals surface area contributed by atoms with Crippen LogP contribution < -0.4 is 14.2 Å². The van der Waals surface area contributed by atoms with Crippen LogP contribution in [-0.4, -0.2) is 46.8 Å². The predicted octanol–water partition coefficient (Wildman–Crippen LogP) is 5.89. The zero-order chi connectivity index (χ0) is 25.8. The van der Waals surface area contributed by atoms with Crippen molar-refractivity contribution in [3.63, 3.8) is 0 Å². The van der Waals surface area contributed by atoms with Crippen molar-refractivity contribution in [1.29, 1.82) is 5.41 Å². The molecular weight excluding hydrogens is 544 g/mol. The standard InChI is InChI=1S/C26H27BrN4O4S/c1-5-33-21-14-17(12-18-23(28)31-26(29-24(18)32)36-25(30-31)15(2)3)13-19(27)22(21)35-11-10-34-20-9-7-6-8-16(20)4/h6-9,12-15,28H,5,10-11H2,1-4H3/b18-12-,28-23?. The molecule has 1 N–H and O–H groups in total. The van der Waals surface area contributed by atoms with Crippen molar-refractivity contribution in [2.75, 3.05) is 19.8 Å². The number of aliphatic imine (C=N–C) groups is 1. The minimum Gasteiger partial charge on any atom is -0.490 e. The molecule has 2 aliphatic heterocycles. The molecular formula is C26H27BrN4O4S. The van der Waals surface area contributed by atoms with Crippen LogP contribution in [0.2, 0.25) is 0 Å². The van der Waals surface area contributed by atoms with Crippen LogP contribution in [0.25, 0.3) is 6.08 Å². The summed E-state index contributed by atoms with van der Waals surface area (Å²) in [6.45, 7) is 9.02. The summed E-state index contributed by atoms with van der Waals surface area (Å²) in [5.74, 6) is 1.58. The fraction of sp³-hybridized carbons (Fsp3) is 0.308. The van der Waals surface area contributed by atoms with Crippen LogP contribution in [-0.2, 0) is 4.79 Å². The molecule has 0 saturated heterocycles. The highest BCUT2D eigenvalue weighted by Gasteiger charge is 2.36. The van der Waals surface area contributed by atoms with Gasteiger partial charge in [0.25, 0.3) is 5.91 Å². The number of aryl methyl sites for hydroxylation is 1. The summed E-state index contributed by atoms with van der Waals surface area (Å²) in [7, 11) is 0. The van der Waals surface area contributed by atoms with Gasteiger partial charge < -0.3 is 14.2 Å². The molecule has 0 aliphatic carbocycles. The van der Waals surface area contributed by atoms with Crippen molar-refractivity contribution in [1.82, 2.24) is 5.01 Å². The zero-order valence-electron chi connectivity index (χ0n) is 20.5. The van der Waals surface area contributed by atoms with Gasteiger partial charge in [0.05, 0.1) is 16.7 Å². The summed E-state index contributed by atoms with van der Waals surface area (Å²) < 4.78 is 18.3. The van der Waals surface area contributed by atoms with E-state index in [9.17, 15) is 4.79 Å². The van der Waals surface area contributed by atoms with E-state index in [4.69, 9.17) is 19.6 Å². The van der Waals surface area contributed by atoms with E-state index in [1.165, 1.54) is 16.8 Å². The fourth-order valence-corrected chi connectivity index (χ4v) is 4.96. The molecule has 1 amide bonds. The number of rotatable bonds is 9. The Morgan fingerprint density at radius 3 is 2.61 bits per heavy atom. The highest BCUT2D eigenvalue weighted by atomic mass is 79.9. The molecule has 0 spiro atoms. The third-order valence-corrected chi connectivity index (χ3v) is 7.09. The minimum absolute atomic E-state index is 0.00378. The summed E-state index contributed by atoms with van der Waals surface area (Å²) in [4.78, 5) is 16.9. The smallest absolute Gasteiger partial charge is 0.283 e. The SMILES string of the molecule is CCOc1cc(/C=C2/C(=N)N3N=C(C(C)C)SC3=NC2=O)cc(Br)c1OCCOc1ccccc1C. The van der Waals surface area contributed by atoms with Gasteiger partial charge in [-0.05, 0) is 76.9 Å². The van der Waals surface area contributed by atoms with E-state index in [1.807, 2.05) is 58.0 Å². The van der Waals surface area contributed by atoms with Gasteiger partial charge in [-0.25, -0.2) is 0 Å². The quantitative estimate of drug-likeness (QED) is 0.298. The van der Waals surface area contributed by atoms with Crippen molar-refractivity contribution in [3.8, 4) is 17.2 Å². The first-order valence-corrected chi connectivity index (χ1v) is 13.2. The Morgan fingerprint density at radius 1 is 1.14 bits per heavy atom. The molecule has 4 rings (SSSR count). The normalized spacial score (nSPS) is 16.3. The van der Waals surface area contributed by atoms with Gasteiger partial charge in [-0.1, -0.05) is 32.0 Å². The highest BCUT2D eigenvalue weighted by molar-refractivity contribution is 9.10. The Kier molecular flexibility index (Phi) is 8.15. The molecule has 2 heterocycles. The van der Waals surface area contributed by atoms with Crippen LogP contribution in [0.4, 0.5) is 0 Å². The summed E-state index contributed by atoms with van der Waals surface area (Å²) in [5.41, 5.74) is 1.88. The van der Waals surface area contributed by atoms with Crippen molar-refractivity contribution in [2.24, 2.45) is 16.0 Å². The molecule has 10 heteroatoms. The summed E-state index contributed by atoms with van der Waals surface area (Å²) in [6, 6.07) is 11.4. The lowest BCUT2D eigenvalue weighted by Crippen LogP contribution is -2.35. The van der Waals surface area contributed by atoms with Crippen molar-refractivity contribution < 1.29 is 19.0 Å². The number of fused-ring (bicyclic) bond motifs is 1. The molecule has 0 bridgehead atoms. The van der Waals surface area contributed by atoms with Crippen molar-refractivity contribution in [3.05, 3.63) is 57.6 Å². The fourth-order valence-electron chi connectivity index (χ4n) is 3.49. The third-order valence-electron chi connectivity index (χ3n) is 5.29. The van der Waals surface area contributed by atoms with Gasteiger partial charge in [0, 0.05) is 5.92 Å². The largest absolute Gasteiger partial charge is 0.490 e. The number of carbonyl (C=O) groups is 1. The number of hydrogen-bond acceptors (Lipinski definition) is 7. The minimum atomic E-state index is -0.471. The second kappa shape index (κ2) is 11.3. The predicted molar refractivity (Wildman–Crippen MR) is 147 cm³/mol. The number of hydrogen-bond donors (Lipinski definition) is 1. The monoisotopic (exact) mass is 570 g/mol.